The highest BCUT2D eigenvalue weighted by Crippen LogP contribution is 2.20. The maximum absolute atomic E-state index is 13.2. The lowest BCUT2D eigenvalue weighted by Crippen LogP contribution is -2.48. The Morgan fingerprint density at radius 2 is 1.77 bits per heavy atom. The number of halogens is 2. The molecule has 22 heavy (non-hydrogen) atoms. The Labute approximate surface area is 131 Å². The van der Waals surface area contributed by atoms with E-state index in [1.54, 1.807) is 7.05 Å². The van der Waals surface area contributed by atoms with Gasteiger partial charge >= 0.3 is 0 Å². The number of guanidine groups is 1. The predicted molar refractivity (Wildman–Crippen MR) is 85.9 cm³/mol. The first-order valence-corrected chi connectivity index (χ1v) is 7.88. The normalized spacial score (nSPS) is 22.8. The molecule has 2 rings (SSSR count). The van der Waals surface area contributed by atoms with Crippen LogP contribution in [0, 0.1) is 23.5 Å². The van der Waals surface area contributed by atoms with Crippen molar-refractivity contribution in [3.05, 3.63) is 35.4 Å². The topological polar surface area (TPSA) is 27.6 Å². The Hall–Kier alpha value is -1.65. The SMILES string of the molecule is CN=C(NCCc1cc(F)cc(F)c1)N1CC(C)CC(C)C1. The largest absolute Gasteiger partial charge is 0.356 e. The second-order valence-corrected chi connectivity index (χ2v) is 6.35. The Morgan fingerprint density at radius 1 is 1.18 bits per heavy atom. The standard InChI is InChI=1S/C17H25F2N3/c1-12-6-13(2)11-22(10-12)17(20-3)21-5-4-14-7-15(18)9-16(19)8-14/h7-9,12-13H,4-6,10-11H2,1-3H3,(H,20,21). The van der Waals surface area contributed by atoms with Gasteiger partial charge in [-0.05, 0) is 42.4 Å². The van der Waals surface area contributed by atoms with E-state index in [1.165, 1.54) is 18.6 Å². The van der Waals surface area contributed by atoms with Crippen LogP contribution in [0.5, 0.6) is 0 Å². The van der Waals surface area contributed by atoms with E-state index in [0.717, 1.165) is 25.1 Å². The third-order valence-electron chi connectivity index (χ3n) is 4.00. The molecular formula is C17H25F2N3. The number of aliphatic imine (C=N–C) groups is 1. The Balaban J connectivity index is 1.88. The van der Waals surface area contributed by atoms with Crippen LogP contribution < -0.4 is 5.32 Å². The van der Waals surface area contributed by atoms with E-state index in [1.807, 2.05) is 0 Å². The fourth-order valence-electron chi connectivity index (χ4n) is 3.24. The van der Waals surface area contributed by atoms with Gasteiger partial charge in [-0.1, -0.05) is 13.8 Å². The molecule has 1 aromatic carbocycles. The third-order valence-corrected chi connectivity index (χ3v) is 4.00. The van der Waals surface area contributed by atoms with Crippen molar-refractivity contribution in [3.8, 4) is 0 Å². The van der Waals surface area contributed by atoms with Gasteiger partial charge in [0.1, 0.15) is 11.6 Å². The minimum absolute atomic E-state index is 0.530. The van der Waals surface area contributed by atoms with Crippen LogP contribution >= 0.6 is 0 Å². The number of hydrogen-bond donors (Lipinski definition) is 1. The number of piperidine rings is 1. The van der Waals surface area contributed by atoms with Crippen LogP contribution in [0.25, 0.3) is 0 Å². The maximum Gasteiger partial charge on any atom is 0.193 e. The van der Waals surface area contributed by atoms with Gasteiger partial charge in [0.2, 0.25) is 0 Å². The Kier molecular flexibility index (Phi) is 5.75. The van der Waals surface area contributed by atoms with Crippen molar-refractivity contribution in [3.63, 3.8) is 0 Å². The predicted octanol–water partition coefficient (Wildman–Crippen LogP) is 3.06. The van der Waals surface area contributed by atoms with Gasteiger partial charge in [-0.15, -0.1) is 0 Å². The summed E-state index contributed by atoms with van der Waals surface area (Å²) in [6.07, 6.45) is 1.81. The molecule has 2 atom stereocenters. The molecule has 0 aliphatic carbocycles. The van der Waals surface area contributed by atoms with Crippen molar-refractivity contribution in [2.75, 3.05) is 26.7 Å². The van der Waals surface area contributed by atoms with E-state index in [2.05, 4.69) is 29.1 Å². The van der Waals surface area contributed by atoms with E-state index in [4.69, 9.17) is 0 Å². The highest BCUT2D eigenvalue weighted by Gasteiger charge is 2.23. The minimum atomic E-state index is -0.530. The molecule has 5 heteroatoms. The van der Waals surface area contributed by atoms with Crippen molar-refractivity contribution in [1.29, 1.82) is 0 Å². The molecule has 0 spiro atoms. The summed E-state index contributed by atoms with van der Waals surface area (Å²) in [5, 5.41) is 3.30. The average molecular weight is 309 g/mol. The first-order chi connectivity index (χ1) is 10.5. The average Bonchev–Trinajstić information content (AvgIpc) is 2.41. The van der Waals surface area contributed by atoms with E-state index >= 15 is 0 Å². The number of benzene rings is 1. The van der Waals surface area contributed by atoms with Gasteiger partial charge in [-0.25, -0.2) is 8.78 Å². The smallest absolute Gasteiger partial charge is 0.193 e. The second kappa shape index (κ2) is 7.56. The van der Waals surface area contributed by atoms with Crippen LogP contribution in [0.3, 0.4) is 0 Å². The lowest BCUT2D eigenvalue weighted by Gasteiger charge is -2.37. The lowest BCUT2D eigenvalue weighted by atomic mass is 9.92. The van der Waals surface area contributed by atoms with Gasteiger partial charge in [-0.3, -0.25) is 4.99 Å². The van der Waals surface area contributed by atoms with Crippen molar-refractivity contribution >= 4 is 5.96 Å². The molecule has 2 unspecified atom stereocenters. The summed E-state index contributed by atoms with van der Waals surface area (Å²) in [4.78, 5) is 6.60. The van der Waals surface area contributed by atoms with E-state index in [9.17, 15) is 8.78 Å². The van der Waals surface area contributed by atoms with Gasteiger partial charge in [0, 0.05) is 32.7 Å². The van der Waals surface area contributed by atoms with Crippen molar-refractivity contribution < 1.29 is 8.78 Å². The fourth-order valence-corrected chi connectivity index (χ4v) is 3.24. The molecule has 122 valence electrons. The Morgan fingerprint density at radius 3 is 2.32 bits per heavy atom. The van der Waals surface area contributed by atoms with Gasteiger partial charge < -0.3 is 10.2 Å². The molecular weight excluding hydrogens is 284 g/mol. The summed E-state index contributed by atoms with van der Waals surface area (Å²) in [7, 11) is 1.77. The van der Waals surface area contributed by atoms with Crippen LogP contribution in [0.4, 0.5) is 8.78 Å². The van der Waals surface area contributed by atoms with Crippen molar-refractivity contribution in [2.24, 2.45) is 16.8 Å². The Bertz CT molecular complexity index is 500. The quantitative estimate of drug-likeness (QED) is 0.686. The third kappa shape index (κ3) is 4.68. The number of hydrogen-bond acceptors (Lipinski definition) is 1. The van der Waals surface area contributed by atoms with Crippen LogP contribution in [-0.4, -0.2) is 37.5 Å². The summed E-state index contributed by atoms with van der Waals surface area (Å²) in [6.45, 7) is 7.11. The molecule has 0 aromatic heterocycles. The van der Waals surface area contributed by atoms with Crippen LogP contribution in [-0.2, 0) is 6.42 Å². The van der Waals surface area contributed by atoms with Crippen molar-refractivity contribution in [1.82, 2.24) is 10.2 Å². The summed E-state index contributed by atoms with van der Waals surface area (Å²) in [5.74, 6) is 1.12. The second-order valence-electron chi connectivity index (χ2n) is 6.35. The van der Waals surface area contributed by atoms with Gasteiger partial charge in [0.25, 0.3) is 0 Å². The highest BCUT2D eigenvalue weighted by atomic mass is 19.1. The first kappa shape index (κ1) is 16.7. The molecule has 0 bridgehead atoms. The van der Waals surface area contributed by atoms with Gasteiger partial charge in [-0.2, -0.15) is 0 Å². The van der Waals surface area contributed by atoms with Gasteiger partial charge in [0.15, 0.2) is 5.96 Å². The van der Waals surface area contributed by atoms with E-state index in [0.29, 0.717) is 30.4 Å². The number of nitrogens with zero attached hydrogens (tertiary/aromatic N) is 2. The number of likely N-dealkylation sites (tertiary alicyclic amines) is 1. The molecule has 0 radical (unpaired) electrons. The summed E-state index contributed by atoms with van der Waals surface area (Å²) in [6, 6.07) is 3.64. The molecule has 3 nitrogen and oxygen atoms in total. The fraction of sp³-hybridized carbons (Fsp3) is 0.588. The lowest BCUT2D eigenvalue weighted by molar-refractivity contribution is 0.208. The zero-order valence-electron chi connectivity index (χ0n) is 13.6. The van der Waals surface area contributed by atoms with Crippen LogP contribution in [0.1, 0.15) is 25.8 Å². The highest BCUT2D eigenvalue weighted by molar-refractivity contribution is 5.80. The first-order valence-electron chi connectivity index (χ1n) is 7.88. The number of nitrogens with one attached hydrogen (secondary N) is 1. The summed E-state index contributed by atoms with van der Waals surface area (Å²) < 4.78 is 26.3. The molecule has 1 aliphatic heterocycles. The summed E-state index contributed by atoms with van der Waals surface area (Å²) in [5.41, 5.74) is 0.654. The van der Waals surface area contributed by atoms with E-state index < -0.39 is 11.6 Å². The van der Waals surface area contributed by atoms with Gasteiger partial charge in [0.05, 0.1) is 0 Å². The van der Waals surface area contributed by atoms with Crippen LogP contribution in [0.2, 0.25) is 0 Å². The molecule has 0 amide bonds. The molecule has 1 fully saturated rings. The van der Waals surface area contributed by atoms with Crippen molar-refractivity contribution in [2.45, 2.75) is 26.7 Å². The molecule has 0 saturated carbocycles. The minimum Gasteiger partial charge on any atom is -0.356 e. The van der Waals surface area contributed by atoms with Crippen LogP contribution in [0.15, 0.2) is 23.2 Å². The molecule has 1 N–H and O–H groups in total. The molecule has 1 heterocycles. The summed E-state index contributed by atoms with van der Waals surface area (Å²) >= 11 is 0. The monoisotopic (exact) mass is 309 g/mol. The molecule has 1 aliphatic rings. The van der Waals surface area contributed by atoms with E-state index in [-0.39, 0.29) is 0 Å². The number of rotatable bonds is 3. The molecule has 1 aromatic rings. The maximum atomic E-state index is 13.2. The zero-order valence-corrected chi connectivity index (χ0v) is 13.6. The zero-order chi connectivity index (χ0) is 16.1. The molecule has 1 saturated heterocycles.